The van der Waals surface area contributed by atoms with E-state index in [-0.39, 0.29) is 0 Å². The Morgan fingerprint density at radius 2 is 1.73 bits per heavy atom. The molecular formula is C17H32BrNO3. The highest BCUT2D eigenvalue weighted by molar-refractivity contribution is 9.09. The Labute approximate surface area is 143 Å². The number of carbonyl (C=O) groups excluding carboxylic acids is 1. The zero-order valence-corrected chi connectivity index (χ0v) is 16.1. The van der Waals surface area contributed by atoms with Gasteiger partial charge in [-0.1, -0.05) is 41.6 Å². The van der Waals surface area contributed by atoms with Crippen LogP contribution in [-0.4, -0.2) is 35.8 Å². The van der Waals surface area contributed by atoms with Crippen molar-refractivity contribution < 1.29 is 14.3 Å². The van der Waals surface area contributed by atoms with Crippen LogP contribution in [0.1, 0.15) is 66.2 Å². The Morgan fingerprint density at radius 3 is 2.23 bits per heavy atom. The predicted octanol–water partition coefficient (Wildman–Crippen LogP) is 4.65. The lowest BCUT2D eigenvalue weighted by Crippen LogP contribution is -2.46. The highest BCUT2D eigenvalue weighted by Crippen LogP contribution is 2.25. The highest BCUT2D eigenvalue weighted by Gasteiger charge is 2.27. The van der Waals surface area contributed by atoms with E-state index >= 15 is 0 Å². The van der Waals surface area contributed by atoms with Gasteiger partial charge in [-0.3, -0.25) is 0 Å². The minimum absolute atomic E-state index is 0.391. The van der Waals surface area contributed by atoms with Crippen LogP contribution in [0, 0.1) is 5.92 Å². The van der Waals surface area contributed by atoms with Gasteiger partial charge in [0, 0.05) is 5.33 Å². The molecule has 0 saturated heterocycles. The van der Waals surface area contributed by atoms with Crippen LogP contribution >= 0.6 is 15.9 Å². The molecule has 0 aliphatic heterocycles. The molecule has 1 amide bonds. The maximum absolute atomic E-state index is 11.8. The Hall–Kier alpha value is -0.290. The fraction of sp³-hybridized carbons (Fsp3) is 0.941. The van der Waals surface area contributed by atoms with E-state index < -0.39 is 17.3 Å². The van der Waals surface area contributed by atoms with Crippen LogP contribution in [0.15, 0.2) is 0 Å². The average molecular weight is 378 g/mol. The number of rotatable bonds is 6. The first-order chi connectivity index (χ1) is 10.2. The summed E-state index contributed by atoms with van der Waals surface area (Å²) in [5, 5.41) is 3.50. The average Bonchev–Trinajstić information content (AvgIpc) is 2.70. The molecule has 1 atom stereocenters. The van der Waals surface area contributed by atoms with E-state index in [2.05, 4.69) is 21.2 Å². The van der Waals surface area contributed by atoms with Crippen molar-refractivity contribution in [3.8, 4) is 0 Å². The van der Waals surface area contributed by atoms with Crippen LogP contribution in [0.4, 0.5) is 4.79 Å². The van der Waals surface area contributed by atoms with Crippen LogP contribution in [0.25, 0.3) is 0 Å². The van der Waals surface area contributed by atoms with Gasteiger partial charge in [0.2, 0.25) is 0 Å². The molecule has 0 aromatic heterocycles. The molecule has 0 heterocycles. The second-order valence-corrected chi connectivity index (χ2v) is 8.17. The summed E-state index contributed by atoms with van der Waals surface area (Å²) < 4.78 is 11.4. The van der Waals surface area contributed by atoms with Crippen LogP contribution in [0.5, 0.6) is 0 Å². The molecule has 0 aromatic carbocycles. The summed E-state index contributed by atoms with van der Waals surface area (Å²) in [5.74, 6) is 0.655. The monoisotopic (exact) mass is 377 g/mol. The van der Waals surface area contributed by atoms with Crippen molar-refractivity contribution in [3.63, 3.8) is 0 Å². The van der Waals surface area contributed by atoms with Crippen LogP contribution in [0.3, 0.4) is 0 Å². The van der Waals surface area contributed by atoms with E-state index in [0.29, 0.717) is 17.8 Å². The summed E-state index contributed by atoms with van der Waals surface area (Å²) in [6.45, 7) is 8.82. The fourth-order valence-electron chi connectivity index (χ4n) is 2.56. The number of amides is 1. The van der Waals surface area contributed by atoms with E-state index in [4.69, 9.17) is 9.47 Å². The Morgan fingerprint density at radius 1 is 1.14 bits per heavy atom. The largest absolute Gasteiger partial charge is 0.444 e. The molecule has 1 aliphatic carbocycles. The van der Waals surface area contributed by atoms with Gasteiger partial charge in [-0.25, -0.2) is 4.79 Å². The van der Waals surface area contributed by atoms with Gasteiger partial charge in [0.25, 0.3) is 0 Å². The summed E-state index contributed by atoms with van der Waals surface area (Å²) in [6, 6.07) is 0. The molecule has 0 radical (unpaired) electrons. The smallest absolute Gasteiger partial charge is 0.407 e. The summed E-state index contributed by atoms with van der Waals surface area (Å²) in [7, 11) is 0. The first-order valence-corrected chi connectivity index (χ1v) is 9.53. The quantitative estimate of drug-likeness (QED) is 0.541. The first-order valence-electron chi connectivity index (χ1n) is 8.41. The molecule has 5 heteroatoms. The summed E-state index contributed by atoms with van der Waals surface area (Å²) in [6.07, 6.45) is 7.47. The molecular weight excluding hydrogens is 346 g/mol. The third kappa shape index (κ3) is 8.37. The molecule has 1 aliphatic rings. The number of alkyl halides is 1. The Bertz CT molecular complexity index is 335. The van der Waals surface area contributed by atoms with Crippen molar-refractivity contribution in [1.29, 1.82) is 0 Å². The molecule has 1 N–H and O–H groups in total. The first kappa shape index (κ1) is 19.8. The van der Waals surface area contributed by atoms with Gasteiger partial charge >= 0.3 is 6.09 Å². The van der Waals surface area contributed by atoms with Crippen molar-refractivity contribution in [2.75, 3.05) is 18.5 Å². The van der Waals surface area contributed by atoms with E-state index in [1.807, 2.05) is 27.7 Å². The van der Waals surface area contributed by atoms with Gasteiger partial charge in [-0.15, -0.1) is 0 Å². The zero-order valence-electron chi connectivity index (χ0n) is 14.5. The van der Waals surface area contributed by atoms with Gasteiger partial charge in [0.1, 0.15) is 5.60 Å². The minimum atomic E-state index is -0.476. The van der Waals surface area contributed by atoms with Crippen molar-refractivity contribution in [2.24, 2.45) is 5.92 Å². The van der Waals surface area contributed by atoms with E-state index in [1.54, 1.807) is 0 Å². The number of halogens is 1. The van der Waals surface area contributed by atoms with E-state index in [9.17, 15) is 4.79 Å². The maximum Gasteiger partial charge on any atom is 0.407 e. The number of carbonyl (C=O) groups is 1. The summed E-state index contributed by atoms with van der Waals surface area (Å²) in [4.78, 5) is 11.8. The molecule has 1 fully saturated rings. The number of ether oxygens (including phenoxy) is 2. The van der Waals surface area contributed by atoms with Crippen LogP contribution < -0.4 is 5.32 Å². The lowest BCUT2D eigenvalue weighted by atomic mass is 10.0. The molecule has 130 valence electrons. The fourth-order valence-corrected chi connectivity index (χ4v) is 2.92. The van der Waals surface area contributed by atoms with Crippen LogP contribution in [-0.2, 0) is 9.47 Å². The summed E-state index contributed by atoms with van der Waals surface area (Å²) >= 11 is 3.51. The van der Waals surface area contributed by atoms with Crippen molar-refractivity contribution in [3.05, 3.63) is 0 Å². The summed E-state index contributed by atoms with van der Waals surface area (Å²) in [5.41, 5.74) is -0.876. The molecule has 22 heavy (non-hydrogen) atoms. The Kier molecular flexibility index (Phi) is 8.19. The third-order valence-electron chi connectivity index (χ3n) is 3.93. The van der Waals surface area contributed by atoms with E-state index in [1.165, 1.54) is 38.5 Å². The number of hydrogen-bond acceptors (Lipinski definition) is 3. The lowest BCUT2D eigenvalue weighted by Gasteiger charge is -2.30. The van der Waals surface area contributed by atoms with Crippen molar-refractivity contribution in [1.82, 2.24) is 5.32 Å². The van der Waals surface area contributed by atoms with Gasteiger partial charge in [-0.2, -0.15) is 0 Å². The number of alkyl carbamates (subject to hydrolysis) is 1. The molecule has 1 unspecified atom stereocenters. The lowest BCUT2D eigenvalue weighted by molar-refractivity contribution is -0.0337. The van der Waals surface area contributed by atoms with Gasteiger partial charge in [0.15, 0.2) is 0 Å². The highest BCUT2D eigenvalue weighted by atomic mass is 79.9. The minimum Gasteiger partial charge on any atom is -0.444 e. The SMILES string of the molecule is CC(C)(C)OC(=O)NCC(C)(CBr)OCC1CCCCCC1. The molecule has 0 spiro atoms. The third-order valence-corrected chi connectivity index (χ3v) is 5.12. The number of hydrogen-bond donors (Lipinski definition) is 1. The maximum atomic E-state index is 11.8. The normalized spacial score (nSPS) is 20.0. The van der Waals surface area contributed by atoms with Crippen LogP contribution in [0.2, 0.25) is 0 Å². The zero-order chi connectivity index (χ0) is 16.6. The van der Waals surface area contributed by atoms with Crippen molar-refractivity contribution in [2.45, 2.75) is 77.4 Å². The van der Waals surface area contributed by atoms with Gasteiger partial charge in [0.05, 0.1) is 18.8 Å². The molecule has 1 saturated carbocycles. The van der Waals surface area contributed by atoms with E-state index in [0.717, 1.165) is 6.61 Å². The second-order valence-electron chi connectivity index (χ2n) is 7.61. The molecule has 4 nitrogen and oxygen atoms in total. The molecule has 1 rings (SSSR count). The second kappa shape index (κ2) is 9.11. The predicted molar refractivity (Wildman–Crippen MR) is 93.6 cm³/mol. The standard InChI is InChI=1S/C17H32BrNO3/c1-16(2,3)22-15(20)19-13-17(4,12-18)21-11-14-9-7-5-6-8-10-14/h14H,5-13H2,1-4H3,(H,19,20). The van der Waals surface area contributed by atoms with Gasteiger partial charge in [-0.05, 0) is 46.5 Å². The molecule has 0 bridgehead atoms. The number of nitrogens with one attached hydrogen (secondary N) is 1. The Balaban J connectivity index is 2.37. The van der Waals surface area contributed by atoms with Gasteiger partial charge < -0.3 is 14.8 Å². The van der Waals surface area contributed by atoms with Crippen molar-refractivity contribution >= 4 is 22.0 Å². The molecule has 0 aromatic rings. The topological polar surface area (TPSA) is 47.6 Å².